The summed E-state index contributed by atoms with van der Waals surface area (Å²) in [5.41, 5.74) is 0.903. The smallest absolute Gasteiger partial charge is 0.204 e. The average Bonchev–Trinajstić information content (AvgIpc) is 3.42. The van der Waals surface area contributed by atoms with Gasteiger partial charge in [0, 0.05) is 6.04 Å². The molecule has 1 aliphatic rings. The van der Waals surface area contributed by atoms with E-state index in [0.29, 0.717) is 29.4 Å². The molecule has 1 atom stereocenters. The van der Waals surface area contributed by atoms with Crippen LogP contribution < -0.4 is 0 Å². The Morgan fingerprint density at radius 3 is 2.66 bits per heavy atom. The third kappa shape index (κ3) is 4.22. The highest BCUT2D eigenvalue weighted by Crippen LogP contribution is 2.24. The van der Waals surface area contributed by atoms with Gasteiger partial charge in [0.15, 0.2) is 15.6 Å². The van der Waals surface area contributed by atoms with Crippen molar-refractivity contribution in [3.8, 4) is 17.3 Å². The molecule has 0 aliphatic carbocycles. The number of furan rings is 1. The lowest BCUT2D eigenvalue weighted by Gasteiger charge is -2.27. The Kier molecular flexibility index (Phi) is 5.71. The molecule has 0 N–H and O–H groups in total. The highest BCUT2D eigenvalue weighted by atomic mass is 32.2. The molecule has 3 heterocycles. The van der Waals surface area contributed by atoms with E-state index in [9.17, 15) is 8.42 Å². The number of hydrogen-bond donors (Lipinski definition) is 0. The first-order valence-electron chi connectivity index (χ1n) is 9.72. The van der Waals surface area contributed by atoms with Crippen molar-refractivity contribution < 1.29 is 12.8 Å². The minimum atomic E-state index is -2.96. The summed E-state index contributed by atoms with van der Waals surface area (Å²) in [6, 6.07) is 13.5. The van der Waals surface area contributed by atoms with Gasteiger partial charge in [0.2, 0.25) is 10.6 Å². The van der Waals surface area contributed by atoms with Crippen LogP contribution in [0.2, 0.25) is 0 Å². The minimum Gasteiger partial charge on any atom is -0.461 e. The Labute approximate surface area is 175 Å². The van der Waals surface area contributed by atoms with Crippen LogP contribution in [0.1, 0.15) is 19.8 Å². The summed E-state index contributed by atoms with van der Waals surface area (Å²) in [5.74, 6) is 1.70. The van der Waals surface area contributed by atoms with E-state index in [1.807, 2.05) is 47.0 Å². The quantitative estimate of drug-likeness (QED) is 0.532. The number of nitrogens with zero attached hydrogens (tertiary/aromatic N) is 4. The lowest BCUT2D eigenvalue weighted by molar-refractivity contribution is 0.155. The summed E-state index contributed by atoms with van der Waals surface area (Å²) in [4.78, 5) is 2.18. The lowest BCUT2D eigenvalue weighted by atomic mass is 10.2. The zero-order valence-corrected chi connectivity index (χ0v) is 17.9. The van der Waals surface area contributed by atoms with Gasteiger partial charge in [0.05, 0.1) is 30.1 Å². The summed E-state index contributed by atoms with van der Waals surface area (Å²) < 4.78 is 33.8. The zero-order chi connectivity index (χ0) is 20.4. The normalized spacial score (nSPS) is 18.5. The van der Waals surface area contributed by atoms with Gasteiger partial charge in [0.1, 0.15) is 0 Å². The predicted molar refractivity (Wildman–Crippen MR) is 114 cm³/mol. The van der Waals surface area contributed by atoms with E-state index in [0.717, 1.165) is 18.7 Å². The van der Waals surface area contributed by atoms with Gasteiger partial charge < -0.3 is 4.42 Å². The number of aromatic nitrogens is 3. The minimum absolute atomic E-state index is 0.00390. The fourth-order valence-electron chi connectivity index (χ4n) is 3.77. The van der Waals surface area contributed by atoms with Gasteiger partial charge in [0.25, 0.3) is 0 Å². The maximum atomic E-state index is 12.0. The fraction of sp³-hybridized carbons (Fsp3) is 0.400. The number of sulfone groups is 1. The summed E-state index contributed by atoms with van der Waals surface area (Å²) in [5, 5.41) is 4.75. The highest BCUT2D eigenvalue weighted by molar-refractivity contribution is 7.91. The van der Waals surface area contributed by atoms with E-state index in [4.69, 9.17) is 21.7 Å². The third-order valence-corrected chi connectivity index (χ3v) is 7.29. The first kappa shape index (κ1) is 20.1. The van der Waals surface area contributed by atoms with Crippen LogP contribution in [-0.2, 0) is 16.5 Å². The average molecular weight is 433 g/mol. The van der Waals surface area contributed by atoms with Crippen LogP contribution in [0.25, 0.3) is 17.3 Å². The van der Waals surface area contributed by atoms with Crippen molar-refractivity contribution in [2.75, 3.05) is 18.1 Å². The van der Waals surface area contributed by atoms with E-state index >= 15 is 0 Å². The van der Waals surface area contributed by atoms with Gasteiger partial charge in [-0.15, -0.1) is 5.10 Å². The van der Waals surface area contributed by atoms with Gasteiger partial charge >= 0.3 is 0 Å². The second kappa shape index (κ2) is 8.25. The van der Waals surface area contributed by atoms with E-state index in [-0.39, 0.29) is 17.5 Å². The Morgan fingerprint density at radius 1 is 1.24 bits per heavy atom. The highest BCUT2D eigenvalue weighted by Gasteiger charge is 2.32. The molecule has 29 heavy (non-hydrogen) atoms. The lowest BCUT2D eigenvalue weighted by Crippen LogP contribution is -2.38. The van der Waals surface area contributed by atoms with E-state index < -0.39 is 9.84 Å². The Hall–Kier alpha value is -2.23. The van der Waals surface area contributed by atoms with Crippen molar-refractivity contribution in [3.05, 3.63) is 53.5 Å². The summed E-state index contributed by atoms with van der Waals surface area (Å²) in [7, 11) is -2.96. The van der Waals surface area contributed by atoms with E-state index in [2.05, 4.69) is 11.8 Å². The van der Waals surface area contributed by atoms with Crippen molar-refractivity contribution in [1.29, 1.82) is 0 Å². The number of para-hydroxylation sites is 1. The molecule has 1 saturated heterocycles. The third-order valence-electron chi connectivity index (χ3n) is 5.15. The Bertz CT molecular complexity index is 1120. The molecular formula is C20H24N4O3S2. The first-order valence-corrected chi connectivity index (χ1v) is 11.9. The molecule has 4 rings (SSSR count). The van der Waals surface area contributed by atoms with Gasteiger partial charge in [-0.1, -0.05) is 25.1 Å². The van der Waals surface area contributed by atoms with Gasteiger partial charge in [-0.2, -0.15) is 0 Å². The SMILES string of the molecule is CCCN(Cn1nc(-c2ccco2)n(-c2ccccc2)c1=S)C1CCS(=O)(=O)C1. The Morgan fingerprint density at radius 2 is 2.03 bits per heavy atom. The molecule has 0 saturated carbocycles. The summed E-state index contributed by atoms with van der Waals surface area (Å²) in [6.07, 6.45) is 3.19. The van der Waals surface area contributed by atoms with Gasteiger partial charge in [-0.25, -0.2) is 13.1 Å². The molecular weight excluding hydrogens is 408 g/mol. The van der Waals surface area contributed by atoms with Crippen molar-refractivity contribution >= 4 is 22.1 Å². The topological polar surface area (TPSA) is 73.3 Å². The molecule has 2 aromatic heterocycles. The molecule has 1 fully saturated rings. The van der Waals surface area contributed by atoms with E-state index in [1.54, 1.807) is 10.9 Å². The van der Waals surface area contributed by atoms with Crippen LogP contribution in [0.15, 0.2) is 53.1 Å². The monoisotopic (exact) mass is 432 g/mol. The maximum Gasteiger partial charge on any atom is 0.204 e. The Balaban J connectivity index is 1.73. The molecule has 0 radical (unpaired) electrons. The molecule has 1 unspecified atom stereocenters. The van der Waals surface area contributed by atoms with Crippen LogP contribution in [0, 0.1) is 4.77 Å². The zero-order valence-electron chi connectivity index (χ0n) is 16.3. The molecule has 0 bridgehead atoms. The molecule has 7 nitrogen and oxygen atoms in total. The van der Waals surface area contributed by atoms with Crippen LogP contribution >= 0.6 is 12.2 Å². The van der Waals surface area contributed by atoms with Crippen molar-refractivity contribution in [1.82, 2.24) is 19.2 Å². The molecule has 154 valence electrons. The molecule has 0 spiro atoms. The van der Waals surface area contributed by atoms with E-state index in [1.165, 1.54) is 0 Å². The molecule has 1 aliphatic heterocycles. The van der Waals surface area contributed by atoms with Crippen molar-refractivity contribution in [3.63, 3.8) is 0 Å². The molecule has 1 aromatic carbocycles. The molecule has 3 aromatic rings. The maximum absolute atomic E-state index is 12.0. The largest absolute Gasteiger partial charge is 0.461 e. The molecule has 9 heteroatoms. The summed E-state index contributed by atoms with van der Waals surface area (Å²) in [6.45, 7) is 3.32. The first-order chi connectivity index (χ1) is 14.0. The van der Waals surface area contributed by atoms with Crippen LogP contribution in [0.3, 0.4) is 0 Å². The van der Waals surface area contributed by atoms with Crippen LogP contribution in [0.5, 0.6) is 0 Å². The fourth-order valence-corrected chi connectivity index (χ4v) is 5.82. The van der Waals surface area contributed by atoms with Gasteiger partial charge in [-0.3, -0.25) is 9.47 Å². The van der Waals surface area contributed by atoms with Crippen molar-refractivity contribution in [2.24, 2.45) is 0 Å². The van der Waals surface area contributed by atoms with Crippen molar-refractivity contribution in [2.45, 2.75) is 32.5 Å². The second-order valence-corrected chi connectivity index (χ2v) is 9.86. The summed E-state index contributed by atoms with van der Waals surface area (Å²) >= 11 is 5.77. The van der Waals surface area contributed by atoms with Crippen LogP contribution in [-0.4, -0.2) is 51.8 Å². The number of rotatable bonds is 7. The second-order valence-electron chi connectivity index (χ2n) is 7.26. The predicted octanol–water partition coefficient (Wildman–Crippen LogP) is 3.52. The molecule has 0 amide bonds. The standard InChI is InChI=1S/C20H24N4O3S2/c1-2-11-22(17-10-13-29(25,26)14-17)15-23-20(28)24(16-7-4-3-5-8-16)19(21-23)18-9-6-12-27-18/h3-9,12,17H,2,10-11,13-15H2,1H3. The van der Waals surface area contributed by atoms with Crippen LogP contribution in [0.4, 0.5) is 0 Å². The van der Waals surface area contributed by atoms with Gasteiger partial charge in [-0.05, 0) is 55.9 Å². The number of benzene rings is 1. The number of hydrogen-bond acceptors (Lipinski definition) is 6.